The fourth-order valence-corrected chi connectivity index (χ4v) is 1.57. The number of nitrogens with two attached hydrogens (primary N) is 1. The summed E-state index contributed by atoms with van der Waals surface area (Å²) in [5, 5.41) is 0. The molecule has 0 aliphatic heterocycles. The Bertz CT molecular complexity index is 286. The molecule has 13 heavy (non-hydrogen) atoms. The van der Waals surface area contributed by atoms with Gasteiger partial charge in [-0.2, -0.15) is 0 Å². The molecule has 0 aromatic heterocycles. The summed E-state index contributed by atoms with van der Waals surface area (Å²) in [4.78, 5) is 4.88. The predicted octanol–water partition coefficient (Wildman–Crippen LogP) is 2.66. The van der Waals surface area contributed by atoms with Crippen LogP contribution in [0.15, 0.2) is 28.7 Å². The minimum atomic E-state index is -0.316. The lowest BCUT2D eigenvalue weighted by Crippen LogP contribution is -2.30. The molecule has 1 rings (SSSR count). The Labute approximate surface area is 87.2 Å². The van der Waals surface area contributed by atoms with Gasteiger partial charge < -0.3 is 0 Å². The molecule has 0 aliphatic carbocycles. The summed E-state index contributed by atoms with van der Waals surface area (Å²) in [6.07, 6.45) is 0.797. The van der Waals surface area contributed by atoms with Gasteiger partial charge in [0.1, 0.15) is 0 Å². The first kappa shape index (κ1) is 10.7. The Balaban J connectivity index is 2.80. The predicted molar refractivity (Wildman–Crippen MR) is 57.2 cm³/mol. The summed E-state index contributed by atoms with van der Waals surface area (Å²) in [5.74, 6) is 5.19. The van der Waals surface area contributed by atoms with Gasteiger partial charge in [0.05, 0.1) is 5.60 Å². The van der Waals surface area contributed by atoms with Gasteiger partial charge >= 0.3 is 0 Å². The van der Waals surface area contributed by atoms with Crippen LogP contribution in [0.4, 0.5) is 0 Å². The molecule has 2 N–H and O–H groups in total. The van der Waals surface area contributed by atoms with Crippen molar-refractivity contribution in [2.45, 2.75) is 25.9 Å². The lowest BCUT2D eigenvalue weighted by molar-refractivity contribution is -0.0188. The number of rotatable bonds is 3. The van der Waals surface area contributed by atoms with Crippen LogP contribution in [0.5, 0.6) is 0 Å². The zero-order chi connectivity index (χ0) is 9.90. The third-order valence-electron chi connectivity index (χ3n) is 1.89. The van der Waals surface area contributed by atoms with E-state index in [1.807, 2.05) is 32.0 Å². The van der Waals surface area contributed by atoms with Gasteiger partial charge in [-0.15, -0.1) is 0 Å². The van der Waals surface area contributed by atoms with Crippen LogP contribution in [0.2, 0.25) is 0 Å². The van der Waals surface area contributed by atoms with E-state index >= 15 is 0 Å². The number of hydrogen-bond acceptors (Lipinski definition) is 2. The first-order valence-electron chi connectivity index (χ1n) is 4.16. The quantitative estimate of drug-likeness (QED) is 0.829. The van der Waals surface area contributed by atoms with Crippen LogP contribution in [-0.4, -0.2) is 5.60 Å². The molecule has 0 fully saturated rings. The molecule has 0 unspecified atom stereocenters. The molecule has 0 bridgehead atoms. The fourth-order valence-electron chi connectivity index (χ4n) is 1.14. The Morgan fingerprint density at radius 1 is 1.38 bits per heavy atom. The number of halogens is 1. The highest BCUT2D eigenvalue weighted by Gasteiger charge is 2.18. The molecule has 72 valence electrons. The zero-order valence-corrected chi connectivity index (χ0v) is 9.47. The van der Waals surface area contributed by atoms with E-state index in [4.69, 9.17) is 10.7 Å². The lowest BCUT2D eigenvalue weighted by atomic mass is 9.99. The minimum absolute atomic E-state index is 0.316. The van der Waals surface area contributed by atoms with Gasteiger partial charge in [0, 0.05) is 10.9 Å². The van der Waals surface area contributed by atoms with Gasteiger partial charge in [-0.25, -0.2) is 5.90 Å². The molecule has 0 saturated heterocycles. The smallest absolute Gasteiger partial charge is 0.0878 e. The topological polar surface area (TPSA) is 35.2 Å². The molecular formula is C10H14BrNO. The Kier molecular flexibility index (Phi) is 3.47. The molecule has 0 atom stereocenters. The maximum atomic E-state index is 5.19. The first-order valence-corrected chi connectivity index (χ1v) is 4.96. The third-order valence-corrected chi connectivity index (χ3v) is 2.67. The number of hydrogen-bond donors (Lipinski definition) is 1. The van der Waals surface area contributed by atoms with Crippen LogP contribution in [0.1, 0.15) is 19.4 Å². The van der Waals surface area contributed by atoms with Gasteiger partial charge in [-0.3, -0.25) is 4.84 Å². The van der Waals surface area contributed by atoms with Crippen LogP contribution in [-0.2, 0) is 11.3 Å². The van der Waals surface area contributed by atoms with Crippen molar-refractivity contribution in [1.29, 1.82) is 0 Å². The SMILES string of the molecule is CC(C)(Cc1ccccc1Br)ON. The highest BCUT2D eigenvalue weighted by atomic mass is 79.9. The molecule has 0 saturated carbocycles. The van der Waals surface area contributed by atoms with Crippen molar-refractivity contribution in [2.24, 2.45) is 5.90 Å². The second-order valence-corrected chi connectivity index (χ2v) is 4.50. The van der Waals surface area contributed by atoms with Crippen LogP contribution < -0.4 is 5.90 Å². The normalized spacial score (nSPS) is 11.7. The molecule has 0 radical (unpaired) electrons. The van der Waals surface area contributed by atoms with E-state index in [1.165, 1.54) is 5.56 Å². The summed E-state index contributed by atoms with van der Waals surface area (Å²) in [6.45, 7) is 3.93. The van der Waals surface area contributed by atoms with Crippen LogP contribution in [0.3, 0.4) is 0 Å². The minimum Gasteiger partial charge on any atom is -0.298 e. The summed E-state index contributed by atoms with van der Waals surface area (Å²) in [5.41, 5.74) is 0.891. The van der Waals surface area contributed by atoms with Crippen molar-refractivity contribution >= 4 is 15.9 Å². The van der Waals surface area contributed by atoms with E-state index in [0.717, 1.165) is 10.9 Å². The van der Waals surface area contributed by atoms with E-state index in [9.17, 15) is 0 Å². The summed E-state index contributed by atoms with van der Waals surface area (Å²) >= 11 is 3.48. The average molecular weight is 244 g/mol. The summed E-state index contributed by atoms with van der Waals surface area (Å²) < 4.78 is 1.10. The van der Waals surface area contributed by atoms with Gasteiger partial charge in [0.2, 0.25) is 0 Å². The molecule has 3 heteroatoms. The monoisotopic (exact) mass is 243 g/mol. The maximum absolute atomic E-state index is 5.19. The fraction of sp³-hybridized carbons (Fsp3) is 0.400. The van der Waals surface area contributed by atoms with Gasteiger partial charge in [-0.1, -0.05) is 34.1 Å². The van der Waals surface area contributed by atoms with Crippen molar-refractivity contribution < 1.29 is 4.84 Å². The molecule has 1 aromatic carbocycles. The highest BCUT2D eigenvalue weighted by Crippen LogP contribution is 2.22. The standard InChI is InChI=1S/C10H14BrNO/c1-10(2,13-12)7-8-5-3-4-6-9(8)11/h3-6H,7,12H2,1-2H3. The second kappa shape index (κ2) is 4.22. The second-order valence-electron chi connectivity index (χ2n) is 3.65. The molecule has 1 aromatic rings. The number of benzene rings is 1. The Morgan fingerprint density at radius 2 is 2.00 bits per heavy atom. The van der Waals surface area contributed by atoms with Crippen molar-refractivity contribution in [3.05, 3.63) is 34.3 Å². The van der Waals surface area contributed by atoms with Gasteiger partial charge in [-0.05, 0) is 25.5 Å². The van der Waals surface area contributed by atoms with Crippen LogP contribution >= 0.6 is 15.9 Å². The highest BCUT2D eigenvalue weighted by molar-refractivity contribution is 9.10. The zero-order valence-electron chi connectivity index (χ0n) is 7.88. The van der Waals surface area contributed by atoms with Crippen molar-refractivity contribution in [3.63, 3.8) is 0 Å². The molecule has 2 nitrogen and oxygen atoms in total. The Hall–Kier alpha value is -0.380. The van der Waals surface area contributed by atoms with Crippen LogP contribution in [0, 0.1) is 0 Å². The van der Waals surface area contributed by atoms with E-state index < -0.39 is 0 Å². The molecule has 0 aliphatic rings. The van der Waals surface area contributed by atoms with Crippen molar-refractivity contribution in [2.75, 3.05) is 0 Å². The lowest BCUT2D eigenvalue weighted by Gasteiger charge is -2.22. The molecule has 0 amide bonds. The maximum Gasteiger partial charge on any atom is 0.0878 e. The van der Waals surface area contributed by atoms with E-state index in [-0.39, 0.29) is 5.60 Å². The summed E-state index contributed by atoms with van der Waals surface area (Å²) in [6, 6.07) is 8.07. The average Bonchev–Trinajstić information content (AvgIpc) is 2.09. The van der Waals surface area contributed by atoms with E-state index in [2.05, 4.69) is 22.0 Å². The first-order chi connectivity index (χ1) is 6.05. The van der Waals surface area contributed by atoms with E-state index in [0.29, 0.717) is 0 Å². The Morgan fingerprint density at radius 3 is 2.54 bits per heavy atom. The van der Waals surface area contributed by atoms with Gasteiger partial charge in [0.15, 0.2) is 0 Å². The molecular weight excluding hydrogens is 230 g/mol. The van der Waals surface area contributed by atoms with Crippen molar-refractivity contribution in [3.8, 4) is 0 Å². The molecule has 0 spiro atoms. The van der Waals surface area contributed by atoms with E-state index in [1.54, 1.807) is 0 Å². The van der Waals surface area contributed by atoms with Crippen molar-refractivity contribution in [1.82, 2.24) is 0 Å². The van der Waals surface area contributed by atoms with Gasteiger partial charge in [0.25, 0.3) is 0 Å². The molecule has 0 heterocycles. The third kappa shape index (κ3) is 3.10. The van der Waals surface area contributed by atoms with Crippen LogP contribution in [0.25, 0.3) is 0 Å². The largest absolute Gasteiger partial charge is 0.298 e. The summed E-state index contributed by atoms with van der Waals surface area (Å²) in [7, 11) is 0.